The van der Waals surface area contributed by atoms with Crippen LogP contribution in [0, 0.1) is 0 Å². The zero-order chi connectivity index (χ0) is 13.5. The van der Waals surface area contributed by atoms with Crippen LogP contribution in [0.1, 0.15) is 19.3 Å². The molecule has 1 aromatic carbocycles. The maximum absolute atomic E-state index is 11.1. The minimum absolute atomic E-state index is 0.449. The van der Waals surface area contributed by atoms with Crippen LogP contribution in [0.15, 0.2) is 24.3 Å². The van der Waals surface area contributed by atoms with Crippen molar-refractivity contribution in [2.24, 2.45) is 0 Å². The lowest BCUT2D eigenvalue weighted by molar-refractivity contribution is 0.187. The standard InChI is InChI=1S/C14H21N3O2/c1-19-14(18)17-13-6-4-12(5-7-13)16-11-3-2-9-15-10-8-11/h4-7,11,15-16H,2-3,8-10H2,1H3,(H,17,18). The van der Waals surface area contributed by atoms with Gasteiger partial charge in [-0.1, -0.05) is 0 Å². The van der Waals surface area contributed by atoms with E-state index in [1.807, 2.05) is 24.3 Å². The van der Waals surface area contributed by atoms with Crippen molar-refractivity contribution in [2.45, 2.75) is 25.3 Å². The monoisotopic (exact) mass is 263 g/mol. The molecule has 1 amide bonds. The number of methoxy groups -OCH3 is 1. The maximum Gasteiger partial charge on any atom is 0.411 e. The molecule has 5 heteroatoms. The smallest absolute Gasteiger partial charge is 0.411 e. The number of ether oxygens (including phenoxy) is 1. The molecule has 2 rings (SSSR count). The van der Waals surface area contributed by atoms with E-state index < -0.39 is 6.09 Å². The Morgan fingerprint density at radius 2 is 1.95 bits per heavy atom. The molecule has 1 aliphatic heterocycles. The third-order valence-corrected chi connectivity index (χ3v) is 3.26. The van der Waals surface area contributed by atoms with Crippen molar-refractivity contribution in [3.05, 3.63) is 24.3 Å². The molecule has 1 unspecified atom stereocenters. The Morgan fingerprint density at radius 3 is 2.68 bits per heavy atom. The molecule has 1 saturated heterocycles. The van der Waals surface area contributed by atoms with Crippen molar-refractivity contribution in [1.82, 2.24) is 5.32 Å². The average Bonchev–Trinajstić information content (AvgIpc) is 2.69. The van der Waals surface area contributed by atoms with Crippen LogP contribution in [0.25, 0.3) is 0 Å². The first-order chi connectivity index (χ1) is 9.28. The molecule has 0 aromatic heterocycles. The summed E-state index contributed by atoms with van der Waals surface area (Å²) in [6.45, 7) is 2.18. The Bertz CT molecular complexity index is 398. The third kappa shape index (κ3) is 4.44. The number of hydrogen-bond acceptors (Lipinski definition) is 4. The lowest BCUT2D eigenvalue weighted by Gasteiger charge is -2.17. The van der Waals surface area contributed by atoms with Crippen LogP contribution in [0.4, 0.5) is 16.2 Å². The summed E-state index contributed by atoms with van der Waals surface area (Å²) >= 11 is 0. The Balaban J connectivity index is 1.88. The summed E-state index contributed by atoms with van der Waals surface area (Å²) in [4.78, 5) is 11.1. The van der Waals surface area contributed by atoms with E-state index in [1.165, 1.54) is 20.0 Å². The Kier molecular flexibility index (Phi) is 5.03. The fraction of sp³-hybridized carbons (Fsp3) is 0.500. The predicted molar refractivity (Wildman–Crippen MR) is 76.6 cm³/mol. The lowest BCUT2D eigenvalue weighted by atomic mass is 10.1. The fourth-order valence-electron chi connectivity index (χ4n) is 2.22. The number of nitrogens with one attached hydrogen (secondary N) is 3. The first kappa shape index (κ1) is 13.7. The Labute approximate surface area is 113 Å². The molecule has 0 aliphatic carbocycles. The van der Waals surface area contributed by atoms with E-state index in [9.17, 15) is 4.79 Å². The van der Waals surface area contributed by atoms with E-state index in [0.29, 0.717) is 6.04 Å². The highest BCUT2D eigenvalue weighted by molar-refractivity contribution is 5.84. The first-order valence-corrected chi connectivity index (χ1v) is 6.70. The van der Waals surface area contributed by atoms with Crippen molar-refractivity contribution in [1.29, 1.82) is 0 Å². The van der Waals surface area contributed by atoms with Gasteiger partial charge in [0.25, 0.3) is 0 Å². The van der Waals surface area contributed by atoms with E-state index in [4.69, 9.17) is 0 Å². The predicted octanol–water partition coefficient (Wildman–Crippen LogP) is 2.42. The zero-order valence-electron chi connectivity index (χ0n) is 11.2. The SMILES string of the molecule is COC(=O)Nc1ccc(NC2CCCNCC2)cc1. The fourth-order valence-corrected chi connectivity index (χ4v) is 2.22. The number of amides is 1. The molecule has 1 fully saturated rings. The molecule has 104 valence electrons. The van der Waals surface area contributed by atoms with E-state index >= 15 is 0 Å². The van der Waals surface area contributed by atoms with Gasteiger partial charge in [-0.2, -0.15) is 0 Å². The number of hydrogen-bond donors (Lipinski definition) is 3. The molecular weight excluding hydrogens is 242 g/mol. The summed E-state index contributed by atoms with van der Waals surface area (Å²) in [7, 11) is 1.35. The van der Waals surface area contributed by atoms with Gasteiger partial charge in [-0.05, 0) is 56.6 Å². The molecule has 19 heavy (non-hydrogen) atoms. The molecule has 0 spiro atoms. The molecule has 1 atom stereocenters. The second-order valence-corrected chi connectivity index (χ2v) is 4.72. The maximum atomic E-state index is 11.1. The molecule has 0 radical (unpaired) electrons. The highest BCUT2D eigenvalue weighted by Crippen LogP contribution is 2.17. The van der Waals surface area contributed by atoms with Gasteiger partial charge in [0.2, 0.25) is 0 Å². The van der Waals surface area contributed by atoms with Crippen LogP contribution in [-0.2, 0) is 4.74 Å². The minimum Gasteiger partial charge on any atom is -0.453 e. The summed E-state index contributed by atoms with van der Waals surface area (Å²) < 4.78 is 4.55. The van der Waals surface area contributed by atoms with E-state index in [1.54, 1.807) is 0 Å². The first-order valence-electron chi connectivity index (χ1n) is 6.70. The van der Waals surface area contributed by atoms with Crippen molar-refractivity contribution in [3.63, 3.8) is 0 Å². The summed E-state index contributed by atoms with van der Waals surface area (Å²) in [6.07, 6.45) is 3.09. The van der Waals surface area contributed by atoms with Crippen LogP contribution >= 0.6 is 0 Å². The molecule has 1 heterocycles. The Hall–Kier alpha value is -1.75. The third-order valence-electron chi connectivity index (χ3n) is 3.26. The Morgan fingerprint density at radius 1 is 1.21 bits per heavy atom. The van der Waals surface area contributed by atoms with Gasteiger partial charge in [0.15, 0.2) is 0 Å². The van der Waals surface area contributed by atoms with Gasteiger partial charge in [0, 0.05) is 17.4 Å². The van der Waals surface area contributed by atoms with Crippen LogP contribution in [0.2, 0.25) is 0 Å². The summed E-state index contributed by atoms with van der Waals surface area (Å²) in [6, 6.07) is 8.21. The van der Waals surface area contributed by atoms with Crippen molar-refractivity contribution in [2.75, 3.05) is 30.8 Å². The number of benzene rings is 1. The minimum atomic E-state index is -0.449. The number of anilines is 2. The molecular formula is C14H21N3O2. The molecule has 1 aliphatic rings. The van der Waals surface area contributed by atoms with E-state index in [-0.39, 0.29) is 0 Å². The average molecular weight is 263 g/mol. The topological polar surface area (TPSA) is 62.4 Å². The van der Waals surface area contributed by atoms with Gasteiger partial charge < -0.3 is 15.4 Å². The quantitative estimate of drug-likeness (QED) is 0.783. The molecule has 5 nitrogen and oxygen atoms in total. The van der Waals surface area contributed by atoms with Crippen LogP contribution in [0.5, 0.6) is 0 Å². The van der Waals surface area contributed by atoms with Crippen molar-refractivity contribution in [3.8, 4) is 0 Å². The van der Waals surface area contributed by atoms with E-state index in [0.717, 1.165) is 30.9 Å². The van der Waals surface area contributed by atoms with E-state index in [2.05, 4.69) is 20.7 Å². The largest absolute Gasteiger partial charge is 0.453 e. The zero-order valence-corrected chi connectivity index (χ0v) is 11.2. The van der Waals surface area contributed by atoms with Crippen molar-refractivity contribution < 1.29 is 9.53 Å². The van der Waals surface area contributed by atoms with Gasteiger partial charge in [-0.25, -0.2) is 4.79 Å². The van der Waals surface area contributed by atoms with Gasteiger partial charge >= 0.3 is 6.09 Å². The molecule has 0 bridgehead atoms. The summed E-state index contributed by atoms with van der Waals surface area (Å²) in [5, 5.41) is 9.56. The van der Waals surface area contributed by atoms with Gasteiger partial charge in [-0.15, -0.1) is 0 Å². The summed E-state index contributed by atoms with van der Waals surface area (Å²) in [5.74, 6) is 0. The second-order valence-electron chi connectivity index (χ2n) is 4.72. The molecule has 0 saturated carbocycles. The highest BCUT2D eigenvalue weighted by atomic mass is 16.5. The van der Waals surface area contributed by atoms with Crippen LogP contribution in [0.3, 0.4) is 0 Å². The van der Waals surface area contributed by atoms with Gasteiger partial charge in [0.05, 0.1) is 7.11 Å². The van der Waals surface area contributed by atoms with Gasteiger partial charge in [-0.3, -0.25) is 5.32 Å². The lowest BCUT2D eigenvalue weighted by Crippen LogP contribution is -2.21. The van der Waals surface area contributed by atoms with Gasteiger partial charge in [0.1, 0.15) is 0 Å². The summed E-state index contributed by atoms with van der Waals surface area (Å²) in [5.41, 5.74) is 1.82. The number of carbonyl (C=O) groups excluding carboxylic acids is 1. The van der Waals surface area contributed by atoms with Crippen molar-refractivity contribution >= 4 is 17.5 Å². The molecule has 1 aromatic rings. The van der Waals surface area contributed by atoms with Crippen LogP contribution in [-0.4, -0.2) is 32.3 Å². The second kappa shape index (κ2) is 6.99. The molecule has 3 N–H and O–H groups in total. The normalized spacial score (nSPS) is 19.3. The highest BCUT2D eigenvalue weighted by Gasteiger charge is 2.11. The van der Waals surface area contributed by atoms with Crippen LogP contribution < -0.4 is 16.0 Å². The number of carbonyl (C=O) groups is 1. The number of rotatable bonds is 3.